The van der Waals surface area contributed by atoms with E-state index >= 15 is 0 Å². The van der Waals surface area contributed by atoms with Crippen molar-refractivity contribution in [3.8, 4) is 5.75 Å². The maximum Gasteiger partial charge on any atom is 0.258 e. The molecule has 3 atom stereocenters. The van der Waals surface area contributed by atoms with Crippen molar-refractivity contribution in [2.24, 2.45) is 5.92 Å². The first-order chi connectivity index (χ1) is 19.0. The van der Waals surface area contributed by atoms with Crippen molar-refractivity contribution in [1.29, 1.82) is 0 Å². The van der Waals surface area contributed by atoms with E-state index in [0.29, 0.717) is 16.3 Å². The van der Waals surface area contributed by atoms with Crippen LogP contribution in [0.5, 0.6) is 5.75 Å². The van der Waals surface area contributed by atoms with Gasteiger partial charge in [0.2, 0.25) is 10.0 Å². The smallest absolute Gasteiger partial charge is 0.258 e. The van der Waals surface area contributed by atoms with Crippen LogP contribution in [0.3, 0.4) is 0 Å². The van der Waals surface area contributed by atoms with Crippen LogP contribution in [0, 0.1) is 5.92 Å². The van der Waals surface area contributed by atoms with E-state index in [-0.39, 0.29) is 53.6 Å². The molecule has 3 aromatic rings. The van der Waals surface area contributed by atoms with Crippen molar-refractivity contribution in [3.63, 3.8) is 0 Å². The number of fused-ring (bicyclic) bond motifs is 1. The lowest BCUT2D eigenvalue weighted by atomic mass is 9.99. The third-order valence-electron chi connectivity index (χ3n) is 6.82. The summed E-state index contributed by atoms with van der Waals surface area (Å²) in [6.45, 7) is 3.55. The second kappa shape index (κ2) is 12.3. The number of amides is 2. The number of rotatable bonds is 8. The molecule has 1 aliphatic rings. The van der Waals surface area contributed by atoms with Gasteiger partial charge in [0, 0.05) is 48.2 Å². The average molecular weight is 587 g/mol. The van der Waals surface area contributed by atoms with Gasteiger partial charge < -0.3 is 20.1 Å². The highest BCUT2D eigenvalue weighted by molar-refractivity contribution is 7.89. The minimum Gasteiger partial charge on any atom is -0.488 e. The number of nitrogens with zero attached hydrogens (tertiary/aromatic N) is 3. The van der Waals surface area contributed by atoms with E-state index < -0.39 is 22.2 Å². The number of aliphatic hydroxyl groups is 1. The number of anilines is 1. The molecule has 1 aromatic heterocycles. The summed E-state index contributed by atoms with van der Waals surface area (Å²) in [5, 5.41) is 13.1. The lowest BCUT2D eigenvalue weighted by molar-refractivity contribution is 0.0387. The summed E-state index contributed by atoms with van der Waals surface area (Å²) in [6.07, 6.45) is 2.38. The molecule has 0 spiro atoms. The van der Waals surface area contributed by atoms with Crippen LogP contribution in [-0.2, 0) is 10.0 Å². The summed E-state index contributed by atoms with van der Waals surface area (Å²) in [6, 6.07) is 13.3. The van der Waals surface area contributed by atoms with Crippen molar-refractivity contribution < 1.29 is 27.9 Å². The van der Waals surface area contributed by atoms with Gasteiger partial charge in [0.05, 0.1) is 29.7 Å². The molecule has 40 heavy (non-hydrogen) atoms. The average Bonchev–Trinajstić information content (AvgIpc) is 2.95. The molecule has 1 aliphatic heterocycles. The van der Waals surface area contributed by atoms with Crippen molar-refractivity contribution >= 4 is 39.1 Å². The van der Waals surface area contributed by atoms with Crippen LogP contribution in [-0.4, -0.2) is 78.4 Å². The van der Waals surface area contributed by atoms with E-state index in [1.807, 2.05) is 6.92 Å². The minimum absolute atomic E-state index is 0.00162. The first-order valence-corrected chi connectivity index (χ1v) is 14.5. The maximum absolute atomic E-state index is 13.6. The van der Waals surface area contributed by atoms with Crippen LogP contribution in [0.25, 0.3) is 0 Å². The fourth-order valence-electron chi connectivity index (χ4n) is 4.36. The fraction of sp³-hybridized carbons (Fsp3) is 0.321. The summed E-state index contributed by atoms with van der Waals surface area (Å²) < 4.78 is 34.0. The molecule has 12 heteroatoms. The number of halogens is 1. The van der Waals surface area contributed by atoms with Crippen molar-refractivity contribution in [3.05, 3.63) is 83.1 Å². The Morgan fingerprint density at radius 1 is 1.20 bits per heavy atom. The minimum atomic E-state index is -3.85. The van der Waals surface area contributed by atoms with Crippen molar-refractivity contribution in [2.45, 2.75) is 30.9 Å². The van der Waals surface area contributed by atoms with Crippen LogP contribution in [0.1, 0.15) is 34.6 Å². The molecule has 212 valence electrons. The molecule has 0 fully saturated rings. The molecule has 0 bridgehead atoms. The van der Waals surface area contributed by atoms with Gasteiger partial charge in [0.1, 0.15) is 11.9 Å². The number of ether oxygens (including phenoxy) is 1. The topological polar surface area (TPSA) is 129 Å². The Balaban J connectivity index is 1.65. The number of benzene rings is 2. The molecule has 4 rings (SSSR count). The zero-order valence-electron chi connectivity index (χ0n) is 22.3. The summed E-state index contributed by atoms with van der Waals surface area (Å²) in [5.74, 6) is -0.789. The molecule has 0 unspecified atom stereocenters. The number of nitrogens with one attached hydrogen (secondary N) is 1. The summed E-state index contributed by atoms with van der Waals surface area (Å²) in [5.41, 5.74) is 0.966. The molecular formula is C28H31ClN4O6S. The van der Waals surface area contributed by atoms with Crippen LogP contribution in [0.4, 0.5) is 5.69 Å². The van der Waals surface area contributed by atoms with Gasteiger partial charge in [0.15, 0.2) is 0 Å². The van der Waals surface area contributed by atoms with Gasteiger partial charge in [-0.15, -0.1) is 0 Å². The highest BCUT2D eigenvalue weighted by Crippen LogP contribution is 2.31. The lowest BCUT2D eigenvalue weighted by Crippen LogP contribution is -2.50. The fourth-order valence-corrected chi connectivity index (χ4v) is 5.67. The van der Waals surface area contributed by atoms with Crippen molar-refractivity contribution in [2.75, 3.05) is 32.1 Å². The van der Waals surface area contributed by atoms with Gasteiger partial charge in [-0.25, -0.2) is 8.42 Å². The molecule has 0 radical (unpaired) electrons. The van der Waals surface area contributed by atoms with Gasteiger partial charge >= 0.3 is 0 Å². The van der Waals surface area contributed by atoms with E-state index in [0.717, 1.165) is 0 Å². The van der Waals surface area contributed by atoms with E-state index in [1.54, 1.807) is 36.1 Å². The SMILES string of the molecule is C[C@H](CO)N1C[C@H](C)[C@H](CN(C)S(=O)(=O)c2ccc(Cl)cc2)Oc2ccc(NC(=O)c3ccncc3)cc2C1=O. The molecule has 2 amide bonds. The predicted molar refractivity (Wildman–Crippen MR) is 151 cm³/mol. The van der Waals surface area contributed by atoms with Gasteiger partial charge in [-0.2, -0.15) is 4.31 Å². The molecule has 0 saturated carbocycles. The Morgan fingerprint density at radius 3 is 2.52 bits per heavy atom. The highest BCUT2D eigenvalue weighted by Gasteiger charge is 2.35. The Labute approximate surface area is 238 Å². The molecule has 0 aliphatic carbocycles. The molecule has 10 nitrogen and oxygen atoms in total. The van der Waals surface area contributed by atoms with Gasteiger partial charge in [-0.3, -0.25) is 14.6 Å². The number of hydrogen-bond acceptors (Lipinski definition) is 7. The number of aliphatic hydroxyl groups excluding tert-OH is 1. The van der Waals surface area contributed by atoms with Gasteiger partial charge in [-0.1, -0.05) is 18.5 Å². The standard InChI is InChI=1S/C28H31ClN4O6S/c1-18-15-33(19(2)17-34)28(36)24-14-22(31-27(35)20-10-12-30-13-11-20)6-9-25(24)39-26(18)16-32(3)40(37,38)23-7-4-21(29)5-8-23/h4-14,18-19,26,34H,15-17H2,1-3H3,(H,31,35)/t18-,19+,26-/m0/s1. The number of carbonyl (C=O) groups is 2. The van der Waals surface area contributed by atoms with Crippen LogP contribution in [0.15, 0.2) is 71.9 Å². The summed E-state index contributed by atoms with van der Waals surface area (Å²) >= 11 is 5.93. The Morgan fingerprint density at radius 2 is 1.88 bits per heavy atom. The Bertz CT molecular complexity index is 1470. The second-order valence-corrected chi connectivity index (χ2v) is 12.2. The maximum atomic E-state index is 13.6. The van der Waals surface area contributed by atoms with Gasteiger partial charge in [-0.05, 0) is 61.5 Å². The second-order valence-electron chi connectivity index (χ2n) is 9.76. The third-order valence-corrected chi connectivity index (χ3v) is 8.91. The monoisotopic (exact) mass is 586 g/mol. The normalized spacial score (nSPS) is 18.4. The summed E-state index contributed by atoms with van der Waals surface area (Å²) in [4.78, 5) is 31.9. The largest absolute Gasteiger partial charge is 0.488 e. The van der Waals surface area contributed by atoms with Crippen LogP contribution < -0.4 is 10.1 Å². The van der Waals surface area contributed by atoms with E-state index in [4.69, 9.17) is 16.3 Å². The van der Waals surface area contributed by atoms with E-state index in [9.17, 15) is 23.1 Å². The van der Waals surface area contributed by atoms with Gasteiger partial charge in [0.25, 0.3) is 11.8 Å². The predicted octanol–water partition coefficient (Wildman–Crippen LogP) is 3.53. The number of aromatic nitrogens is 1. The first-order valence-electron chi connectivity index (χ1n) is 12.7. The zero-order valence-corrected chi connectivity index (χ0v) is 23.9. The van der Waals surface area contributed by atoms with Crippen LogP contribution in [0.2, 0.25) is 5.02 Å². The molecular weight excluding hydrogens is 556 g/mol. The number of likely N-dealkylation sites (N-methyl/N-ethyl adjacent to an activating group) is 1. The first kappa shape index (κ1) is 29.5. The Hall–Kier alpha value is -3.51. The Kier molecular flexibility index (Phi) is 9.09. The molecule has 2 N–H and O–H groups in total. The number of carbonyl (C=O) groups excluding carboxylic acids is 2. The third kappa shape index (κ3) is 6.44. The zero-order chi connectivity index (χ0) is 29.0. The van der Waals surface area contributed by atoms with Crippen LogP contribution >= 0.6 is 11.6 Å². The molecule has 2 heterocycles. The molecule has 2 aromatic carbocycles. The van der Waals surface area contributed by atoms with E-state index in [2.05, 4.69) is 10.3 Å². The summed E-state index contributed by atoms with van der Waals surface area (Å²) in [7, 11) is -2.38. The number of hydrogen-bond donors (Lipinski definition) is 2. The quantitative estimate of drug-likeness (QED) is 0.413. The lowest BCUT2D eigenvalue weighted by Gasteiger charge is -2.38. The number of sulfonamides is 1. The number of pyridine rings is 1. The van der Waals surface area contributed by atoms with Crippen molar-refractivity contribution in [1.82, 2.24) is 14.2 Å². The molecule has 0 saturated heterocycles. The highest BCUT2D eigenvalue weighted by atomic mass is 35.5. The van der Waals surface area contributed by atoms with E-state index in [1.165, 1.54) is 54.1 Å².